The summed E-state index contributed by atoms with van der Waals surface area (Å²) in [4.78, 5) is 21.7. The van der Waals surface area contributed by atoms with Gasteiger partial charge in [0.25, 0.3) is 0 Å². The van der Waals surface area contributed by atoms with E-state index in [-0.39, 0.29) is 17.0 Å². The molecule has 1 aromatic carbocycles. The summed E-state index contributed by atoms with van der Waals surface area (Å²) < 4.78 is 4.71. The van der Waals surface area contributed by atoms with E-state index in [0.717, 1.165) is 0 Å². The molecule has 0 radical (unpaired) electrons. The van der Waals surface area contributed by atoms with Crippen LogP contribution in [0.5, 0.6) is 0 Å². The summed E-state index contributed by atoms with van der Waals surface area (Å²) in [6, 6.07) is 4.36. The van der Waals surface area contributed by atoms with Gasteiger partial charge in [0.2, 0.25) is 0 Å². The summed E-state index contributed by atoms with van der Waals surface area (Å²) >= 11 is 5.78. The molecule has 1 N–H and O–H groups in total. The van der Waals surface area contributed by atoms with Crippen molar-refractivity contribution >= 4 is 23.5 Å². The fraction of sp³-hybridized carbons (Fsp3) is 0.231. The number of hydrogen-bond acceptors (Lipinski definition) is 3. The van der Waals surface area contributed by atoms with Crippen molar-refractivity contribution in [2.24, 2.45) is 0 Å². The molecule has 0 bridgehead atoms. The van der Waals surface area contributed by atoms with Crippen molar-refractivity contribution in [3.8, 4) is 11.8 Å². The molecule has 0 unspecified atom stereocenters. The summed E-state index contributed by atoms with van der Waals surface area (Å²) in [5.74, 6) is 3.86. The van der Waals surface area contributed by atoms with Crippen molar-refractivity contribution in [2.75, 3.05) is 6.61 Å². The zero-order valence-corrected chi connectivity index (χ0v) is 10.5. The predicted molar refractivity (Wildman–Crippen MR) is 66.5 cm³/mol. The van der Waals surface area contributed by atoms with E-state index in [2.05, 4.69) is 11.8 Å². The Morgan fingerprint density at radius 1 is 1.44 bits per heavy atom. The van der Waals surface area contributed by atoms with E-state index in [1.807, 2.05) is 0 Å². The summed E-state index contributed by atoms with van der Waals surface area (Å²) in [6.45, 7) is 2.04. The van der Waals surface area contributed by atoms with Gasteiger partial charge in [0, 0.05) is 5.56 Å². The molecule has 0 aliphatic heterocycles. The molecule has 0 aromatic heterocycles. The lowest BCUT2D eigenvalue weighted by Gasteiger charge is -1.98. The van der Waals surface area contributed by atoms with Gasteiger partial charge in [-0.05, 0) is 25.1 Å². The second kappa shape index (κ2) is 6.67. The van der Waals surface area contributed by atoms with E-state index in [1.165, 1.54) is 18.2 Å². The Morgan fingerprint density at radius 3 is 2.72 bits per heavy atom. The molecule has 0 atom stereocenters. The van der Waals surface area contributed by atoms with Crippen LogP contribution >= 0.6 is 11.6 Å². The normalized spacial score (nSPS) is 9.22. The summed E-state index contributed by atoms with van der Waals surface area (Å²) in [5.41, 5.74) is 0.571. The number of carboxylic acid groups (broad SMARTS) is 1. The Hall–Kier alpha value is -1.99. The van der Waals surface area contributed by atoms with Gasteiger partial charge in [-0.2, -0.15) is 0 Å². The van der Waals surface area contributed by atoms with Crippen LogP contribution in [0.25, 0.3) is 0 Å². The first-order chi connectivity index (χ1) is 8.54. The number of carbonyl (C=O) groups excluding carboxylic acids is 1. The summed E-state index contributed by atoms with van der Waals surface area (Å²) in [6.07, 6.45) is -0.00780. The largest absolute Gasteiger partial charge is 0.478 e. The number of rotatable bonds is 3. The van der Waals surface area contributed by atoms with E-state index in [0.29, 0.717) is 12.2 Å². The van der Waals surface area contributed by atoms with Crippen molar-refractivity contribution in [2.45, 2.75) is 13.3 Å². The smallest absolute Gasteiger partial charge is 0.337 e. The maximum atomic E-state index is 11.0. The molecule has 0 heterocycles. The fourth-order valence-corrected chi connectivity index (χ4v) is 1.46. The van der Waals surface area contributed by atoms with Crippen LogP contribution in [0.2, 0.25) is 5.02 Å². The molecule has 4 nitrogen and oxygen atoms in total. The van der Waals surface area contributed by atoms with Gasteiger partial charge in [-0.1, -0.05) is 23.4 Å². The fourth-order valence-electron chi connectivity index (χ4n) is 1.20. The SMILES string of the molecule is CCOC(=O)CC#Cc1ccc(C(=O)O)c(Cl)c1. The van der Waals surface area contributed by atoms with Crippen LogP contribution < -0.4 is 0 Å². The van der Waals surface area contributed by atoms with Crippen molar-refractivity contribution in [3.05, 3.63) is 34.3 Å². The van der Waals surface area contributed by atoms with Crippen molar-refractivity contribution < 1.29 is 19.4 Å². The van der Waals surface area contributed by atoms with Gasteiger partial charge in [0.1, 0.15) is 6.42 Å². The zero-order chi connectivity index (χ0) is 13.5. The molecule has 0 amide bonds. The lowest BCUT2D eigenvalue weighted by molar-refractivity contribution is -0.141. The van der Waals surface area contributed by atoms with Crippen molar-refractivity contribution in [1.82, 2.24) is 0 Å². The van der Waals surface area contributed by atoms with E-state index in [1.54, 1.807) is 6.92 Å². The minimum atomic E-state index is -1.09. The van der Waals surface area contributed by atoms with Gasteiger partial charge >= 0.3 is 11.9 Å². The number of halogens is 1. The molecular weight excluding hydrogens is 256 g/mol. The van der Waals surface area contributed by atoms with E-state index >= 15 is 0 Å². The Labute approximate surface area is 110 Å². The summed E-state index contributed by atoms with van der Waals surface area (Å²) in [5, 5.41) is 8.90. The standard InChI is InChI=1S/C13H11ClO4/c1-2-18-12(15)5-3-4-9-6-7-10(13(16)17)11(14)8-9/h6-8H,2,5H2,1H3,(H,16,17). The number of carboxylic acids is 1. The van der Waals surface area contributed by atoms with Crippen LogP contribution in [0, 0.1) is 11.8 Å². The van der Waals surface area contributed by atoms with Gasteiger partial charge in [-0.15, -0.1) is 0 Å². The molecule has 1 aromatic rings. The van der Waals surface area contributed by atoms with Gasteiger partial charge in [-0.25, -0.2) is 4.79 Å². The Bertz CT molecular complexity index is 526. The third-order valence-electron chi connectivity index (χ3n) is 1.97. The first kappa shape index (κ1) is 14.1. The minimum Gasteiger partial charge on any atom is -0.478 e. The molecule has 0 saturated heterocycles. The highest BCUT2D eigenvalue weighted by Gasteiger charge is 2.07. The molecule has 0 aliphatic carbocycles. The third kappa shape index (κ3) is 4.11. The molecule has 18 heavy (non-hydrogen) atoms. The molecule has 94 valence electrons. The first-order valence-corrected chi connectivity index (χ1v) is 5.59. The third-order valence-corrected chi connectivity index (χ3v) is 2.28. The number of carbonyl (C=O) groups is 2. The molecular formula is C13H11ClO4. The van der Waals surface area contributed by atoms with Crippen molar-refractivity contribution in [3.63, 3.8) is 0 Å². The van der Waals surface area contributed by atoms with Gasteiger partial charge < -0.3 is 9.84 Å². The minimum absolute atomic E-state index is 0.00780. The lowest BCUT2D eigenvalue weighted by Crippen LogP contribution is -2.01. The number of esters is 1. The van der Waals surface area contributed by atoms with E-state index < -0.39 is 11.9 Å². The Kier molecular flexibility index (Phi) is 5.22. The zero-order valence-electron chi connectivity index (χ0n) is 9.70. The highest BCUT2D eigenvalue weighted by Crippen LogP contribution is 2.17. The van der Waals surface area contributed by atoms with E-state index in [9.17, 15) is 9.59 Å². The molecule has 0 saturated carbocycles. The Balaban J connectivity index is 2.75. The van der Waals surface area contributed by atoms with Crippen LogP contribution in [0.15, 0.2) is 18.2 Å². The molecule has 5 heteroatoms. The molecule has 0 aliphatic rings. The number of aromatic carboxylic acids is 1. The number of ether oxygens (including phenoxy) is 1. The van der Waals surface area contributed by atoms with Crippen LogP contribution in [-0.4, -0.2) is 23.7 Å². The second-order valence-electron chi connectivity index (χ2n) is 3.28. The highest BCUT2D eigenvalue weighted by atomic mass is 35.5. The second-order valence-corrected chi connectivity index (χ2v) is 3.69. The maximum Gasteiger partial charge on any atom is 0.337 e. The monoisotopic (exact) mass is 266 g/mol. The number of hydrogen-bond donors (Lipinski definition) is 1. The van der Waals surface area contributed by atoms with Gasteiger partial charge in [0.15, 0.2) is 0 Å². The van der Waals surface area contributed by atoms with Crippen LogP contribution in [0.4, 0.5) is 0 Å². The Morgan fingerprint density at radius 2 is 2.17 bits per heavy atom. The summed E-state index contributed by atoms with van der Waals surface area (Å²) in [7, 11) is 0. The first-order valence-electron chi connectivity index (χ1n) is 5.22. The lowest BCUT2D eigenvalue weighted by atomic mass is 10.1. The number of benzene rings is 1. The molecule has 1 rings (SSSR count). The quantitative estimate of drug-likeness (QED) is 0.674. The average molecular weight is 267 g/mol. The average Bonchev–Trinajstić information content (AvgIpc) is 2.29. The van der Waals surface area contributed by atoms with Crippen LogP contribution in [0.1, 0.15) is 29.3 Å². The highest BCUT2D eigenvalue weighted by molar-refractivity contribution is 6.33. The van der Waals surface area contributed by atoms with E-state index in [4.69, 9.17) is 21.4 Å². The molecule has 0 fully saturated rings. The topological polar surface area (TPSA) is 63.6 Å². The van der Waals surface area contributed by atoms with Gasteiger partial charge in [0.05, 0.1) is 17.2 Å². The molecule has 0 spiro atoms. The van der Waals surface area contributed by atoms with Crippen molar-refractivity contribution in [1.29, 1.82) is 0 Å². The predicted octanol–water partition coefficient (Wildman–Crippen LogP) is 2.34. The van der Waals surface area contributed by atoms with Gasteiger partial charge in [-0.3, -0.25) is 4.79 Å². The maximum absolute atomic E-state index is 11.0. The van der Waals surface area contributed by atoms with Crippen LogP contribution in [0.3, 0.4) is 0 Å². The van der Waals surface area contributed by atoms with Crippen LogP contribution in [-0.2, 0) is 9.53 Å².